The fourth-order valence-electron chi connectivity index (χ4n) is 0.150. The molecule has 0 aromatic rings. The lowest BCUT2D eigenvalue weighted by Gasteiger charge is -2.23. The minimum Gasteiger partial charge on any atom is -0.340 e. The Morgan fingerprint density at radius 2 is 1.75 bits per heavy atom. The Hall–Kier alpha value is -0.493. The molecule has 0 aliphatic rings. The molecular weight excluding hydrogens is 116 g/mol. The summed E-state index contributed by atoms with van der Waals surface area (Å²) < 4.78 is 1.76. The maximum atomic E-state index is 8.38. The molecule has 0 bridgehead atoms. The molecule has 46 valence electrons. The Balaban J connectivity index is 3.87. The predicted molar refractivity (Wildman–Crippen MR) is 36.7 cm³/mol. The summed E-state index contributed by atoms with van der Waals surface area (Å²) in [6.45, 7) is 6.41. The van der Waals surface area contributed by atoms with Crippen LogP contribution in [0.15, 0.2) is 0 Å². The van der Waals surface area contributed by atoms with Crippen molar-refractivity contribution in [2.75, 3.05) is 7.05 Å². The van der Waals surface area contributed by atoms with E-state index in [1.807, 2.05) is 7.05 Å². The van der Waals surface area contributed by atoms with Gasteiger partial charge in [-0.2, -0.15) is 5.26 Å². The van der Waals surface area contributed by atoms with Crippen molar-refractivity contribution in [1.29, 1.82) is 5.26 Å². The van der Waals surface area contributed by atoms with Crippen molar-refractivity contribution in [1.82, 2.24) is 4.57 Å². The van der Waals surface area contributed by atoms with E-state index in [9.17, 15) is 0 Å². The predicted octanol–water partition coefficient (Wildman–Crippen LogP) is 1.23. The number of nitrogens with zero attached hydrogens (tertiary/aromatic N) is 2. The van der Waals surface area contributed by atoms with Crippen LogP contribution in [0.3, 0.4) is 0 Å². The first kappa shape index (κ1) is 7.51. The normalized spacial score (nSPS) is 10.4. The second-order valence-corrected chi connectivity index (χ2v) is 7.84. The average molecular weight is 128 g/mol. The molecule has 0 unspecified atom stereocenters. The van der Waals surface area contributed by atoms with Crippen LogP contribution in [0.2, 0.25) is 19.6 Å². The summed E-state index contributed by atoms with van der Waals surface area (Å²) in [5.74, 6) is 0. The fraction of sp³-hybridized carbons (Fsp3) is 0.800. The van der Waals surface area contributed by atoms with Crippen molar-refractivity contribution in [2.45, 2.75) is 19.6 Å². The molecule has 0 N–H and O–H groups in total. The molecule has 8 heavy (non-hydrogen) atoms. The van der Waals surface area contributed by atoms with Crippen LogP contribution in [-0.2, 0) is 0 Å². The topological polar surface area (TPSA) is 27.0 Å². The van der Waals surface area contributed by atoms with E-state index in [1.165, 1.54) is 0 Å². The molecule has 3 heteroatoms. The average Bonchev–Trinajstić information content (AvgIpc) is 1.62. The summed E-state index contributed by atoms with van der Waals surface area (Å²) in [7, 11) is 0.551. The molecular formula is C5H12N2Si. The first-order valence-corrected chi connectivity index (χ1v) is 6.07. The highest BCUT2D eigenvalue weighted by molar-refractivity contribution is 6.73. The summed E-state index contributed by atoms with van der Waals surface area (Å²) >= 11 is 0. The van der Waals surface area contributed by atoms with Gasteiger partial charge in [0.1, 0.15) is 0 Å². The molecule has 0 heterocycles. The van der Waals surface area contributed by atoms with Gasteiger partial charge in [-0.25, -0.2) is 0 Å². The maximum Gasteiger partial charge on any atom is 0.170 e. The molecule has 0 saturated carbocycles. The molecule has 0 aliphatic heterocycles. The van der Waals surface area contributed by atoms with Gasteiger partial charge in [-0.3, -0.25) is 0 Å². The summed E-state index contributed by atoms with van der Waals surface area (Å²) in [5, 5.41) is 8.38. The van der Waals surface area contributed by atoms with Crippen molar-refractivity contribution >= 4 is 8.24 Å². The summed E-state index contributed by atoms with van der Waals surface area (Å²) in [5.41, 5.74) is 0. The van der Waals surface area contributed by atoms with E-state index in [0.29, 0.717) is 0 Å². The molecule has 0 atom stereocenters. The molecule has 0 spiro atoms. The zero-order valence-electron chi connectivity index (χ0n) is 5.89. The van der Waals surface area contributed by atoms with Crippen molar-refractivity contribution in [3.05, 3.63) is 0 Å². The van der Waals surface area contributed by atoms with Gasteiger partial charge in [-0.15, -0.1) is 0 Å². The Morgan fingerprint density at radius 3 is 1.75 bits per heavy atom. The first-order valence-electron chi connectivity index (χ1n) is 2.62. The van der Waals surface area contributed by atoms with Crippen molar-refractivity contribution < 1.29 is 0 Å². The Morgan fingerprint density at radius 1 is 1.38 bits per heavy atom. The van der Waals surface area contributed by atoms with Crippen LogP contribution in [0.5, 0.6) is 0 Å². The van der Waals surface area contributed by atoms with Gasteiger partial charge < -0.3 is 4.57 Å². The Bertz CT molecular complexity index is 109. The molecule has 0 aromatic carbocycles. The van der Waals surface area contributed by atoms with E-state index in [0.717, 1.165) is 0 Å². The van der Waals surface area contributed by atoms with Crippen LogP contribution in [0.25, 0.3) is 0 Å². The molecule has 0 rings (SSSR count). The molecule has 0 aromatic heterocycles. The second kappa shape index (κ2) is 2.18. The van der Waals surface area contributed by atoms with E-state index >= 15 is 0 Å². The third kappa shape index (κ3) is 1.98. The highest BCUT2D eigenvalue weighted by Crippen LogP contribution is 2.02. The lowest BCUT2D eigenvalue weighted by atomic mass is 11.2. The number of nitriles is 1. The van der Waals surface area contributed by atoms with E-state index in [4.69, 9.17) is 5.26 Å². The van der Waals surface area contributed by atoms with Gasteiger partial charge in [0.05, 0.1) is 0 Å². The fourth-order valence-corrected chi connectivity index (χ4v) is 0.450. The minimum absolute atomic E-state index is 1.29. The van der Waals surface area contributed by atoms with Crippen LogP contribution in [0.4, 0.5) is 0 Å². The first-order chi connectivity index (χ1) is 3.48. The highest BCUT2D eigenvalue weighted by atomic mass is 28.3. The van der Waals surface area contributed by atoms with Crippen molar-refractivity contribution in [3.63, 3.8) is 0 Å². The molecule has 0 saturated heterocycles. The Labute approximate surface area is 51.8 Å². The molecule has 0 radical (unpaired) electrons. The van der Waals surface area contributed by atoms with Gasteiger partial charge in [0.25, 0.3) is 0 Å². The molecule has 0 amide bonds. The quantitative estimate of drug-likeness (QED) is 0.302. The van der Waals surface area contributed by atoms with Gasteiger partial charge >= 0.3 is 0 Å². The zero-order valence-corrected chi connectivity index (χ0v) is 6.89. The third-order valence-electron chi connectivity index (χ3n) is 1.16. The number of rotatable bonds is 1. The van der Waals surface area contributed by atoms with Crippen LogP contribution in [0.1, 0.15) is 0 Å². The summed E-state index contributed by atoms with van der Waals surface area (Å²) in [6.07, 6.45) is 2.10. The standard InChI is InChI=1S/C5H12N2Si/c1-7(5-6)8(2,3)4/h1-4H3. The summed E-state index contributed by atoms with van der Waals surface area (Å²) in [4.78, 5) is 0. The van der Waals surface area contributed by atoms with E-state index in [-0.39, 0.29) is 0 Å². The van der Waals surface area contributed by atoms with Crippen LogP contribution >= 0.6 is 0 Å². The minimum atomic E-state index is -1.29. The maximum absolute atomic E-state index is 8.38. The largest absolute Gasteiger partial charge is 0.340 e. The van der Waals surface area contributed by atoms with Crippen LogP contribution in [-0.4, -0.2) is 19.8 Å². The zero-order chi connectivity index (χ0) is 6.78. The Kier molecular flexibility index (Phi) is 2.05. The van der Waals surface area contributed by atoms with E-state index in [2.05, 4.69) is 25.8 Å². The number of hydrogen-bond acceptors (Lipinski definition) is 2. The second-order valence-electron chi connectivity index (χ2n) is 2.83. The SMILES string of the molecule is CN(C#N)[Si](C)(C)C. The van der Waals surface area contributed by atoms with Gasteiger partial charge in [0.2, 0.25) is 0 Å². The lowest BCUT2D eigenvalue weighted by molar-refractivity contribution is 0.714. The van der Waals surface area contributed by atoms with Gasteiger partial charge in [-0.05, 0) is 0 Å². The molecule has 0 fully saturated rings. The van der Waals surface area contributed by atoms with Crippen LogP contribution < -0.4 is 0 Å². The highest BCUT2D eigenvalue weighted by Gasteiger charge is 2.17. The van der Waals surface area contributed by atoms with Crippen LogP contribution in [0, 0.1) is 11.5 Å². The molecule has 0 aliphatic carbocycles. The van der Waals surface area contributed by atoms with E-state index in [1.54, 1.807) is 4.57 Å². The van der Waals surface area contributed by atoms with Crippen molar-refractivity contribution in [2.24, 2.45) is 0 Å². The van der Waals surface area contributed by atoms with Gasteiger partial charge in [-0.1, -0.05) is 19.6 Å². The van der Waals surface area contributed by atoms with Gasteiger partial charge in [0, 0.05) is 7.05 Å². The summed E-state index contributed by atoms with van der Waals surface area (Å²) in [6, 6.07) is 0. The van der Waals surface area contributed by atoms with Gasteiger partial charge in [0.15, 0.2) is 14.4 Å². The third-order valence-corrected chi connectivity index (χ3v) is 3.27. The van der Waals surface area contributed by atoms with E-state index < -0.39 is 8.24 Å². The molecule has 2 nitrogen and oxygen atoms in total. The monoisotopic (exact) mass is 128 g/mol. The van der Waals surface area contributed by atoms with Crippen molar-refractivity contribution in [3.8, 4) is 6.19 Å². The lowest BCUT2D eigenvalue weighted by Crippen LogP contribution is -2.39. The smallest absolute Gasteiger partial charge is 0.170 e. The number of hydrogen-bond donors (Lipinski definition) is 0.